The topological polar surface area (TPSA) is 71.9 Å². The lowest BCUT2D eigenvalue weighted by molar-refractivity contribution is 0.00883. The van der Waals surface area contributed by atoms with Crippen LogP contribution in [0.3, 0.4) is 0 Å². The van der Waals surface area contributed by atoms with Gasteiger partial charge in [0.15, 0.2) is 0 Å². The molecule has 1 fully saturated rings. The van der Waals surface area contributed by atoms with Gasteiger partial charge in [0, 0.05) is 38.4 Å². The van der Waals surface area contributed by atoms with Crippen LogP contribution in [0.15, 0.2) is 18.3 Å². The molecule has 6 nitrogen and oxygen atoms in total. The molecular formula is C16H24N2O4. The van der Waals surface area contributed by atoms with Gasteiger partial charge < -0.3 is 19.5 Å². The Labute approximate surface area is 131 Å². The van der Waals surface area contributed by atoms with E-state index in [9.17, 15) is 9.90 Å². The third-order valence-electron chi connectivity index (χ3n) is 4.32. The Morgan fingerprint density at radius 2 is 2.32 bits per heavy atom. The molecule has 6 heteroatoms. The van der Waals surface area contributed by atoms with Gasteiger partial charge in [-0.1, -0.05) is 0 Å². The molecular weight excluding hydrogens is 284 g/mol. The van der Waals surface area contributed by atoms with Crippen LogP contribution in [0.4, 0.5) is 0 Å². The molecule has 0 aromatic carbocycles. The lowest BCUT2D eigenvalue weighted by atomic mass is 9.78. The van der Waals surface area contributed by atoms with Crippen molar-refractivity contribution in [2.45, 2.75) is 19.3 Å². The number of aliphatic hydroxyl groups excluding tert-OH is 1. The maximum atomic E-state index is 12.7. The molecule has 2 rings (SSSR count). The molecule has 1 aromatic heterocycles. The Morgan fingerprint density at radius 3 is 3.00 bits per heavy atom. The number of aliphatic hydroxyl groups is 1. The lowest BCUT2D eigenvalue weighted by Crippen LogP contribution is -2.48. The molecule has 1 atom stereocenters. The van der Waals surface area contributed by atoms with Crippen molar-refractivity contribution in [2.75, 3.05) is 40.5 Å². The summed E-state index contributed by atoms with van der Waals surface area (Å²) in [5.41, 5.74) is 0.185. The Hall–Kier alpha value is -1.66. The van der Waals surface area contributed by atoms with Crippen molar-refractivity contribution in [1.82, 2.24) is 9.88 Å². The molecule has 1 aliphatic rings. The normalized spacial score (nSPS) is 21.7. The molecule has 0 saturated carbocycles. The lowest BCUT2D eigenvalue weighted by Gasteiger charge is -2.41. The molecule has 122 valence electrons. The highest BCUT2D eigenvalue weighted by atomic mass is 16.5. The maximum Gasteiger partial charge on any atom is 0.259 e. The van der Waals surface area contributed by atoms with E-state index in [1.807, 2.05) is 0 Å². The fourth-order valence-corrected chi connectivity index (χ4v) is 3.00. The van der Waals surface area contributed by atoms with E-state index in [0.29, 0.717) is 31.1 Å². The Kier molecular flexibility index (Phi) is 5.74. The molecule has 0 radical (unpaired) electrons. The number of nitrogens with zero attached hydrogens (tertiary/aromatic N) is 2. The van der Waals surface area contributed by atoms with Crippen LogP contribution in [0.1, 0.15) is 29.6 Å². The van der Waals surface area contributed by atoms with Gasteiger partial charge in [0.1, 0.15) is 5.56 Å². The zero-order valence-electron chi connectivity index (χ0n) is 13.2. The summed E-state index contributed by atoms with van der Waals surface area (Å²) in [7, 11) is 3.16. The number of rotatable bonds is 6. The van der Waals surface area contributed by atoms with Gasteiger partial charge in [-0.15, -0.1) is 0 Å². The molecule has 1 N–H and O–H groups in total. The van der Waals surface area contributed by atoms with Crippen molar-refractivity contribution in [3.63, 3.8) is 0 Å². The number of hydrogen-bond acceptors (Lipinski definition) is 5. The van der Waals surface area contributed by atoms with Crippen LogP contribution >= 0.6 is 0 Å². The standard InChI is InChI=1S/C16H24N2O4/c1-21-10-7-16(12-19)6-4-9-18(11-16)15(20)13-5-3-8-17-14(13)22-2/h3,5,8,19H,4,6-7,9-12H2,1-2H3. The molecule has 0 aliphatic carbocycles. The van der Waals surface area contributed by atoms with Crippen molar-refractivity contribution in [1.29, 1.82) is 0 Å². The van der Waals surface area contributed by atoms with E-state index in [4.69, 9.17) is 9.47 Å². The summed E-state index contributed by atoms with van der Waals surface area (Å²) in [6, 6.07) is 3.45. The molecule has 2 heterocycles. The van der Waals surface area contributed by atoms with Crippen LogP contribution < -0.4 is 4.74 Å². The largest absolute Gasteiger partial charge is 0.480 e. The quantitative estimate of drug-likeness (QED) is 0.858. The Morgan fingerprint density at radius 1 is 1.50 bits per heavy atom. The maximum absolute atomic E-state index is 12.7. The number of pyridine rings is 1. The number of piperidine rings is 1. The van der Waals surface area contributed by atoms with Gasteiger partial charge in [0.05, 0.1) is 13.7 Å². The monoisotopic (exact) mass is 308 g/mol. The van der Waals surface area contributed by atoms with Gasteiger partial charge in [-0.05, 0) is 31.4 Å². The first kappa shape index (κ1) is 16.7. The third-order valence-corrected chi connectivity index (χ3v) is 4.32. The summed E-state index contributed by atoms with van der Waals surface area (Å²) in [6.45, 7) is 1.86. The molecule has 0 spiro atoms. The SMILES string of the molecule is COCCC1(CO)CCCN(C(=O)c2cccnc2OC)C1. The minimum Gasteiger partial charge on any atom is -0.480 e. The van der Waals surface area contributed by atoms with Crippen LogP contribution in [0.5, 0.6) is 5.88 Å². The summed E-state index contributed by atoms with van der Waals surface area (Å²) in [6.07, 6.45) is 4.12. The van der Waals surface area contributed by atoms with Crippen molar-refractivity contribution in [3.05, 3.63) is 23.9 Å². The van der Waals surface area contributed by atoms with Crippen molar-refractivity contribution in [3.8, 4) is 5.88 Å². The van der Waals surface area contributed by atoms with E-state index in [0.717, 1.165) is 19.3 Å². The highest BCUT2D eigenvalue weighted by Crippen LogP contribution is 2.34. The number of likely N-dealkylation sites (tertiary alicyclic amines) is 1. The summed E-state index contributed by atoms with van der Waals surface area (Å²) in [5, 5.41) is 9.81. The van der Waals surface area contributed by atoms with Crippen LogP contribution in [0.2, 0.25) is 0 Å². The second-order valence-corrected chi connectivity index (χ2v) is 5.79. The Balaban J connectivity index is 2.15. The van der Waals surface area contributed by atoms with E-state index in [2.05, 4.69) is 4.98 Å². The number of ether oxygens (including phenoxy) is 2. The first-order valence-corrected chi connectivity index (χ1v) is 7.54. The number of amides is 1. The predicted molar refractivity (Wildman–Crippen MR) is 81.9 cm³/mol. The van der Waals surface area contributed by atoms with Crippen LogP contribution in [0.25, 0.3) is 0 Å². The van der Waals surface area contributed by atoms with Crippen molar-refractivity contribution < 1.29 is 19.4 Å². The van der Waals surface area contributed by atoms with Crippen LogP contribution in [0, 0.1) is 5.41 Å². The van der Waals surface area contributed by atoms with E-state index in [-0.39, 0.29) is 17.9 Å². The van der Waals surface area contributed by atoms with Gasteiger partial charge in [0.25, 0.3) is 5.91 Å². The minimum absolute atomic E-state index is 0.0598. The molecule has 1 aromatic rings. The molecule has 0 bridgehead atoms. The van der Waals surface area contributed by atoms with Crippen molar-refractivity contribution in [2.24, 2.45) is 5.41 Å². The molecule has 1 aliphatic heterocycles. The predicted octanol–water partition coefficient (Wildman–Crippen LogP) is 1.34. The van der Waals surface area contributed by atoms with Gasteiger partial charge in [-0.2, -0.15) is 0 Å². The number of carbonyl (C=O) groups is 1. The summed E-state index contributed by atoms with van der Waals surface area (Å²) in [4.78, 5) is 18.6. The molecule has 1 amide bonds. The minimum atomic E-state index is -0.278. The van der Waals surface area contributed by atoms with E-state index < -0.39 is 0 Å². The average molecular weight is 308 g/mol. The highest BCUT2D eigenvalue weighted by molar-refractivity contribution is 5.96. The number of aromatic nitrogens is 1. The van der Waals surface area contributed by atoms with Gasteiger partial charge in [0.2, 0.25) is 5.88 Å². The molecule has 22 heavy (non-hydrogen) atoms. The number of carbonyl (C=O) groups excluding carboxylic acids is 1. The zero-order chi connectivity index (χ0) is 16.0. The van der Waals surface area contributed by atoms with Gasteiger partial charge in [-0.3, -0.25) is 4.79 Å². The smallest absolute Gasteiger partial charge is 0.259 e. The molecule has 1 unspecified atom stereocenters. The van der Waals surface area contributed by atoms with Gasteiger partial charge in [-0.25, -0.2) is 4.98 Å². The molecule has 1 saturated heterocycles. The summed E-state index contributed by atoms with van der Waals surface area (Å²) in [5.74, 6) is 0.240. The zero-order valence-corrected chi connectivity index (χ0v) is 13.2. The van der Waals surface area contributed by atoms with Gasteiger partial charge >= 0.3 is 0 Å². The first-order chi connectivity index (χ1) is 10.7. The van der Waals surface area contributed by atoms with E-state index >= 15 is 0 Å². The van der Waals surface area contributed by atoms with E-state index in [1.165, 1.54) is 7.11 Å². The fourth-order valence-electron chi connectivity index (χ4n) is 3.00. The average Bonchev–Trinajstić information content (AvgIpc) is 2.59. The summed E-state index contributed by atoms with van der Waals surface area (Å²) < 4.78 is 10.3. The number of methoxy groups -OCH3 is 2. The second-order valence-electron chi connectivity index (χ2n) is 5.79. The van der Waals surface area contributed by atoms with Crippen LogP contribution in [-0.2, 0) is 4.74 Å². The first-order valence-electron chi connectivity index (χ1n) is 7.54. The summed E-state index contributed by atoms with van der Waals surface area (Å²) >= 11 is 0. The highest BCUT2D eigenvalue weighted by Gasteiger charge is 2.37. The third kappa shape index (κ3) is 3.56. The van der Waals surface area contributed by atoms with Crippen molar-refractivity contribution >= 4 is 5.91 Å². The van der Waals surface area contributed by atoms with Crippen LogP contribution in [-0.4, -0.2) is 61.4 Å². The second kappa shape index (κ2) is 7.56. The number of hydrogen-bond donors (Lipinski definition) is 1. The van der Waals surface area contributed by atoms with E-state index in [1.54, 1.807) is 30.3 Å². The fraction of sp³-hybridized carbons (Fsp3) is 0.625. The Bertz CT molecular complexity index is 509.